The molecule has 2 aromatic carbocycles. The highest BCUT2D eigenvalue weighted by Crippen LogP contribution is 2.21. The van der Waals surface area contributed by atoms with Crippen molar-refractivity contribution in [2.24, 2.45) is 5.92 Å². The van der Waals surface area contributed by atoms with Crippen LogP contribution in [-0.2, 0) is 13.1 Å². The van der Waals surface area contributed by atoms with E-state index in [4.69, 9.17) is 4.98 Å². The fraction of sp³-hybridized carbons (Fsp3) is 0.273. The van der Waals surface area contributed by atoms with Crippen LogP contribution < -0.4 is 0 Å². The number of rotatable bonds is 7. The minimum absolute atomic E-state index is 0.147. The van der Waals surface area contributed by atoms with Crippen LogP contribution in [-0.4, -0.2) is 26.9 Å². The topological polar surface area (TPSA) is 38.1 Å². The molecule has 1 aromatic heterocycles. The van der Waals surface area contributed by atoms with Gasteiger partial charge in [-0.25, -0.2) is 9.37 Å². The first-order valence-corrected chi connectivity index (χ1v) is 9.99. The van der Waals surface area contributed by atoms with E-state index in [0.717, 1.165) is 16.9 Å². The normalized spacial score (nSPS) is 11.2. The zero-order valence-electron chi connectivity index (χ0n) is 16.0. The molecule has 0 atom stereocenters. The third-order valence-electron chi connectivity index (χ3n) is 4.42. The monoisotopic (exact) mass is 443 g/mol. The molecular weight excluding hydrogens is 421 g/mol. The van der Waals surface area contributed by atoms with Crippen LogP contribution in [0.25, 0.3) is 11.0 Å². The highest BCUT2D eigenvalue weighted by molar-refractivity contribution is 9.10. The van der Waals surface area contributed by atoms with E-state index in [2.05, 4.69) is 40.9 Å². The van der Waals surface area contributed by atoms with Gasteiger partial charge in [0.05, 0.1) is 22.1 Å². The fourth-order valence-electron chi connectivity index (χ4n) is 3.22. The number of aromatic nitrogens is 2. The maximum absolute atomic E-state index is 13.6. The van der Waals surface area contributed by atoms with Gasteiger partial charge in [0, 0.05) is 18.7 Å². The fourth-order valence-corrected chi connectivity index (χ4v) is 3.60. The lowest BCUT2D eigenvalue weighted by Crippen LogP contribution is -2.34. The van der Waals surface area contributed by atoms with Crippen LogP contribution >= 0.6 is 15.9 Å². The summed E-state index contributed by atoms with van der Waals surface area (Å²) in [4.78, 5) is 19.7. The third-order valence-corrected chi connectivity index (χ3v) is 5.02. The Morgan fingerprint density at radius 2 is 2.07 bits per heavy atom. The van der Waals surface area contributed by atoms with Crippen molar-refractivity contribution in [1.29, 1.82) is 0 Å². The summed E-state index contributed by atoms with van der Waals surface area (Å²) in [6, 6.07) is 12.2. The van der Waals surface area contributed by atoms with E-state index in [0.29, 0.717) is 25.2 Å². The van der Waals surface area contributed by atoms with Gasteiger partial charge >= 0.3 is 0 Å². The standard InChI is InChI=1S/C22H23BrFN3O/c1-4-11-27-20-8-6-5-7-19(20)25-21(27)14-26(13-15(2)3)22(28)16-9-10-18(24)17(23)12-16/h4-10,12,15H,1,11,13-14H2,2-3H3. The molecule has 0 spiro atoms. The Hall–Kier alpha value is -2.47. The number of carbonyl (C=O) groups is 1. The number of nitrogens with zero attached hydrogens (tertiary/aromatic N) is 3. The van der Waals surface area contributed by atoms with Crippen molar-refractivity contribution < 1.29 is 9.18 Å². The molecule has 0 N–H and O–H groups in total. The van der Waals surface area contributed by atoms with Gasteiger partial charge in [-0.1, -0.05) is 32.1 Å². The number of benzene rings is 2. The van der Waals surface area contributed by atoms with Gasteiger partial charge in [0.1, 0.15) is 11.6 Å². The molecule has 6 heteroatoms. The summed E-state index contributed by atoms with van der Waals surface area (Å²) in [5.41, 5.74) is 2.35. The molecule has 146 valence electrons. The molecule has 0 aliphatic carbocycles. The molecule has 1 amide bonds. The molecule has 28 heavy (non-hydrogen) atoms. The molecular formula is C22H23BrFN3O. The summed E-state index contributed by atoms with van der Waals surface area (Å²) in [6.07, 6.45) is 1.82. The Labute approximate surface area is 172 Å². The molecule has 0 saturated carbocycles. The second-order valence-electron chi connectivity index (χ2n) is 7.12. The predicted molar refractivity (Wildman–Crippen MR) is 114 cm³/mol. The molecule has 0 unspecified atom stereocenters. The van der Waals surface area contributed by atoms with Crippen molar-refractivity contribution in [2.45, 2.75) is 26.9 Å². The predicted octanol–water partition coefficient (Wildman–Crippen LogP) is 5.42. The number of imidazole rings is 1. The third kappa shape index (κ3) is 4.33. The highest BCUT2D eigenvalue weighted by Gasteiger charge is 2.21. The second-order valence-corrected chi connectivity index (χ2v) is 7.98. The number of halogens is 2. The van der Waals surface area contributed by atoms with Gasteiger partial charge in [0.15, 0.2) is 0 Å². The molecule has 3 aromatic rings. The van der Waals surface area contributed by atoms with Crippen LogP contribution in [0.15, 0.2) is 59.6 Å². The first kappa shape index (κ1) is 20.3. The second kappa shape index (κ2) is 8.69. The Morgan fingerprint density at radius 3 is 2.75 bits per heavy atom. The summed E-state index contributed by atoms with van der Waals surface area (Å²) in [5.74, 6) is 0.549. The Balaban J connectivity index is 1.98. The van der Waals surface area contributed by atoms with E-state index >= 15 is 0 Å². The van der Waals surface area contributed by atoms with Crippen LogP contribution in [0.2, 0.25) is 0 Å². The van der Waals surface area contributed by atoms with E-state index < -0.39 is 0 Å². The van der Waals surface area contributed by atoms with Gasteiger partial charge in [-0.05, 0) is 52.2 Å². The maximum atomic E-state index is 13.6. The summed E-state index contributed by atoms with van der Waals surface area (Å²) in [6.45, 7) is 9.52. The van der Waals surface area contributed by atoms with Crippen LogP contribution in [0.5, 0.6) is 0 Å². The van der Waals surface area contributed by atoms with Crippen LogP contribution in [0.3, 0.4) is 0 Å². The summed E-state index contributed by atoms with van der Waals surface area (Å²) < 4.78 is 15.9. The van der Waals surface area contributed by atoms with Crippen molar-refractivity contribution in [3.8, 4) is 0 Å². The van der Waals surface area contributed by atoms with Crippen molar-refractivity contribution in [3.63, 3.8) is 0 Å². The molecule has 0 aliphatic heterocycles. The van der Waals surface area contributed by atoms with Crippen molar-refractivity contribution in [3.05, 3.63) is 76.8 Å². The number of fused-ring (bicyclic) bond motifs is 1. The first-order chi connectivity index (χ1) is 13.4. The molecule has 0 aliphatic rings. The van der Waals surface area contributed by atoms with Gasteiger partial charge in [-0.3, -0.25) is 4.79 Å². The average Bonchev–Trinajstić information content (AvgIpc) is 3.00. The molecule has 0 bridgehead atoms. The SMILES string of the molecule is C=CCn1c(CN(CC(C)C)C(=O)c2ccc(F)c(Br)c2)nc2ccccc21. The molecule has 0 fully saturated rings. The lowest BCUT2D eigenvalue weighted by Gasteiger charge is -2.25. The number of hydrogen-bond donors (Lipinski definition) is 0. The van der Waals surface area contributed by atoms with E-state index in [1.165, 1.54) is 18.2 Å². The quantitative estimate of drug-likeness (QED) is 0.457. The molecule has 4 nitrogen and oxygen atoms in total. The largest absolute Gasteiger partial charge is 0.331 e. The van der Waals surface area contributed by atoms with E-state index in [1.807, 2.05) is 30.3 Å². The minimum Gasteiger partial charge on any atom is -0.331 e. The van der Waals surface area contributed by atoms with Crippen LogP contribution in [0.4, 0.5) is 4.39 Å². The lowest BCUT2D eigenvalue weighted by molar-refractivity contribution is 0.0716. The highest BCUT2D eigenvalue weighted by atomic mass is 79.9. The van der Waals surface area contributed by atoms with Gasteiger partial charge in [0.25, 0.3) is 5.91 Å². The Kier molecular flexibility index (Phi) is 6.29. The lowest BCUT2D eigenvalue weighted by atomic mass is 10.1. The molecule has 0 saturated heterocycles. The smallest absolute Gasteiger partial charge is 0.254 e. The maximum Gasteiger partial charge on any atom is 0.254 e. The van der Waals surface area contributed by atoms with Crippen LogP contribution in [0, 0.1) is 11.7 Å². The number of hydrogen-bond acceptors (Lipinski definition) is 2. The minimum atomic E-state index is -0.389. The first-order valence-electron chi connectivity index (χ1n) is 9.20. The summed E-state index contributed by atoms with van der Waals surface area (Å²) in [7, 11) is 0. The molecule has 0 radical (unpaired) electrons. The average molecular weight is 444 g/mol. The summed E-state index contributed by atoms with van der Waals surface area (Å²) >= 11 is 3.16. The van der Waals surface area contributed by atoms with Crippen molar-refractivity contribution in [1.82, 2.24) is 14.5 Å². The number of allylic oxidation sites excluding steroid dienone is 1. The zero-order chi connectivity index (χ0) is 20.3. The van der Waals surface area contributed by atoms with Crippen molar-refractivity contribution in [2.75, 3.05) is 6.54 Å². The Morgan fingerprint density at radius 1 is 1.32 bits per heavy atom. The van der Waals surface area contributed by atoms with Crippen LogP contribution in [0.1, 0.15) is 30.0 Å². The van der Waals surface area contributed by atoms with Crippen molar-refractivity contribution >= 4 is 32.9 Å². The van der Waals surface area contributed by atoms with Gasteiger partial charge in [-0.2, -0.15) is 0 Å². The number of para-hydroxylation sites is 2. The Bertz CT molecular complexity index is 1010. The van der Waals surface area contributed by atoms with E-state index in [-0.39, 0.29) is 22.1 Å². The molecule has 1 heterocycles. The van der Waals surface area contributed by atoms with Gasteiger partial charge < -0.3 is 9.47 Å². The molecule has 3 rings (SSSR count). The van der Waals surface area contributed by atoms with Gasteiger partial charge in [0.2, 0.25) is 0 Å². The van der Waals surface area contributed by atoms with Gasteiger partial charge in [-0.15, -0.1) is 6.58 Å². The summed E-state index contributed by atoms with van der Waals surface area (Å²) in [5, 5.41) is 0. The number of amides is 1. The number of carbonyl (C=O) groups excluding carboxylic acids is 1. The van der Waals surface area contributed by atoms with E-state index in [1.54, 1.807) is 4.90 Å². The zero-order valence-corrected chi connectivity index (χ0v) is 17.6. The van der Waals surface area contributed by atoms with E-state index in [9.17, 15) is 9.18 Å².